The number of aryl methyl sites for hydroxylation is 1. The van der Waals surface area contributed by atoms with Crippen LogP contribution in [-0.4, -0.2) is 33.9 Å². The summed E-state index contributed by atoms with van der Waals surface area (Å²) < 4.78 is 74.8. The molecule has 32 heavy (non-hydrogen) atoms. The number of ether oxygens (including phenoxy) is 1. The van der Waals surface area contributed by atoms with Crippen LogP contribution < -0.4 is 4.74 Å². The Balaban J connectivity index is 1.34. The molecule has 1 aromatic heterocycles. The van der Waals surface area contributed by atoms with Crippen LogP contribution in [0.5, 0.6) is 5.75 Å². The van der Waals surface area contributed by atoms with Crippen molar-refractivity contribution in [3.8, 4) is 5.75 Å². The Morgan fingerprint density at radius 3 is 2.16 bits per heavy atom. The number of rotatable bonds is 5. The number of benzene rings is 1. The molecule has 1 aliphatic carbocycles. The zero-order valence-electron chi connectivity index (χ0n) is 18.1. The Hall–Kier alpha value is -2.16. The molecule has 2 aliphatic rings. The first-order valence-corrected chi connectivity index (χ1v) is 11.2. The molecule has 9 heteroatoms. The summed E-state index contributed by atoms with van der Waals surface area (Å²) in [5.41, 5.74) is 0.263. The van der Waals surface area contributed by atoms with Crippen molar-refractivity contribution in [2.45, 2.75) is 69.7 Å². The number of hydrogen-bond acceptors (Lipinski definition) is 3. The Morgan fingerprint density at radius 1 is 0.969 bits per heavy atom. The van der Waals surface area contributed by atoms with Gasteiger partial charge in [-0.3, -0.25) is 9.58 Å². The van der Waals surface area contributed by atoms with E-state index in [2.05, 4.69) is 5.10 Å². The maximum atomic E-state index is 14.7. The van der Waals surface area contributed by atoms with Gasteiger partial charge in [-0.1, -0.05) is 19.3 Å². The van der Waals surface area contributed by atoms with Gasteiger partial charge in [-0.25, -0.2) is 8.78 Å². The smallest absolute Gasteiger partial charge is 0.435 e. The zero-order chi connectivity index (χ0) is 22.9. The largest absolute Gasteiger partial charge is 0.484 e. The number of halogens is 5. The molecule has 0 bridgehead atoms. The van der Waals surface area contributed by atoms with Crippen LogP contribution in [0.1, 0.15) is 67.8 Å². The summed E-state index contributed by atoms with van der Waals surface area (Å²) in [4.78, 5) is 2.00. The van der Waals surface area contributed by atoms with Crippen LogP contribution in [0.25, 0.3) is 0 Å². The van der Waals surface area contributed by atoms with E-state index in [4.69, 9.17) is 4.74 Å². The molecule has 2 fully saturated rings. The fourth-order valence-electron chi connectivity index (χ4n) is 4.74. The second kappa shape index (κ2) is 9.37. The Bertz CT molecular complexity index is 905. The predicted molar refractivity (Wildman–Crippen MR) is 109 cm³/mol. The van der Waals surface area contributed by atoms with E-state index >= 15 is 0 Å². The number of piperidine rings is 1. The van der Waals surface area contributed by atoms with Gasteiger partial charge in [0.25, 0.3) is 0 Å². The number of aromatic nitrogens is 2. The third kappa shape index (κ3) is 5.24. The number of nitrogens with zero attached hydrogens (tertiary/aromatic N) is 3. The van der Waals surface area contributed by atoms with E-state index in [9.17, 15) is 22.0 Å². The normalized spacial score (nSPS) is 19.4. The standard InChI is InChI=1S/C23H28F5N3O/c1-30-17(13-21(29-30)23(26,27)28)14-31-9-7-18(8-10-31)32-22-19(24)11-16(12-20(22)25)15-5-3-2-4-6-15/h11-13,15,18H,2-10,14H2,1H3. The van der Waals surface area contributed by atoms with Gasteiger partial charge in [-0.15, -0.1) is 0 Å². The molecule has 0 spiro atoms. The van der Waals surface area contributed by atoms with Gasteiger partial charge in [-0.2, -0.15) is 18.3 Å². The first kappa shape index (κ1) is 23.0. The van der Waals surface area contributed by atoms with E-state index in [1.807, 2.05) is 4.90 Å². The second-order valence-electron chi connectivity index (χ2n) is 8.88. The molecular weight excluding hydrogens is 429 g/mol. The Morgan fingerprint density at radius 2 is 1.59 bits per heavy atom. The van der Waals surface area contributed by atoms with Crippen LogP contribution in [0.4, 0.5) is 22.0 Å². The summed E-state index contributed by atoms with van der Waals surface area (Å²) in [5, 5.41) is 3.54. The average molecular weight is 457 g/mol. The van der Waals surface area contributed by atoms with Crippen molar-refractivity contribution in [3.63, 3.8) is 0 Å². The SMILES string of the molecule is Cn1nc(C(F)(F)F)cc1CN1CCC(Oc2c(F)cc(C3CCCCC3)cc2F)CC1. The molecule has 2 aromatic rings. The fourth-order valence-corrected chi connectivity index (χ4v) is 4.74. The van der Waals surface area contributed by atoms with Crippen molar-refractivity contribution in [1.82, 2.24) is 14.7 Å². The summed E-state index contributed by atoms with van der Waals surface area (Å²) in [6.45, 7) is 1.44. The van der Waals surface area contributed by atoms with Crippen molar-refractivity contribution >= 4 is 0 Å². The van der Waals surface area contributed by atoms with Gasteiger partial charge in [0.1, 0.15) is 6.10 Å². The molecule has 4 rings (SSSR count). The van der Waals surface area contributed by atoms with E-state index in [0.717, 1.165) is 31.7 Å². The molecule has 0 atom stereocenters. The van der Waals surface area contributed by atoms with Gasteiger partial charge in [0.2, 0.25) is 0 Å². The lowest BCUT2D eigenvalue weighted by atomic mass is 9.84. The molecular formula is C23H28F5N3O. The van der Waals surface area contributed by atoms with Gasteiger partial charge in [0.15, 0.2) is 23.1 Å². The molecule has 2 heterocycles. The van der Waals surface area contributed by atoms with Crippen LogP contribution in [0.15, 0.2) is 18.2 Å². The summed E-state index contributed by atoms with van der Waals surface area (Å²) >= 11 is 0. The van der Waals surface area contributed by atoms with Crippen LogP contribution in [0, 0.1) is 11.6 Å². The minimum Gasteiger partial charge on any atom is -0.484 e. The van der Waals surface area contributed by atoms with Gasteiger partial charge >= 0.3 is 6.18 Å². The first-order valence-electron chi connectivity index (χ1n) is 11.2. The average Bonchev–Trinajstić information content (AvgIpc) is 3.13. The van der Waals surface area contributed by atoms with Crippen LogP contribution >= 0.6 is 0 Å². The summed E-state index contributed by atoms with van der Waals surface area (Å²) in [7, 11) is 1.49. The lowest BCUT2D eigenvalue weighted by molar-refractivity contribution is -0.141. The lowest BCUT2D eigenvalue weighted by Crippen LogP contribution is -2.38. The molecule has 176 valence electrons. The van der Waals surface area contributed by atoms with Crippen LogP contribution in [-0.2, 0) is 19.8 Å². The van der Waals surface area contributed by atoms with E-state index in [0.29, 0.717) is 43.7 Å². The minimum atomic E-state index is -4.47. The second-order valence-corrected chi connectivity index (χ2v) is 8.88. The van der Waals surface area contributed by atoms with Crippen molar-refractivity contribution in [3.05, 3.63) is 46.8 Å². The Kier molecular flexibility index (Phi) is 6.74. The van der Waals surface area contributed by atoms with Crippen LogP contribution in [0.3, 0.4) is 0 Å². The van der Waals surface area contributed by atoms with Gasteiger partial charge in [0, 0.05) is 26.7 Å². The van der Waals surface area contributed by atoms with Crippen LogP contribution in [0.2, 0.25) is 0 Å². The van der Waals surface area contributed by atoms with Crippen molar-refractivity contribution in [2.24, 2.45) is 7.05 Å². The minimum absolute atomic E-state index is 0.204. The predicted octanol–water partition coefficient (Wildman–Crippen LogP) is 5.81. The monoisotopic (exact) mass is 457 g/mol. The highest BCUT2D eigenvalue weighted by atomic mass is 19.4. The molecule has 0 radical (unpaired) electrons. The van der Waals surface area contributed by atoms with Crippen molar-refractivity contribution in [1.29, 1.82) is 0 Å². The molecule has 0 unspecified atom stereocenters. The first-order chi connectivity index (χ1) is 15.2. The zero-order valence-corrected chi connectivity index (χ0v) is 18.1. The third-order valence-corrected chi connectivity index (χ3v) is 6.57. The highest BCUT2D eigenvalue weighted by Crippen LogP contribution is 2.36. The number of hydrogen-bond donors (Lipinski definition) is 0. The van der Waals surface area contributed by atoms with Gasteiger partial charge < -0.3 is 4.74 Å². The van der Waals surface area contributed by atoms with E-state index in [1.165, 1.54) is 30.3 Å². The van der Waals surface area contributed by atoms with Crippen molar-refractivity contribution < 1.29 is 26.7 Å². The summed E-state index contributed by atoms with van der Waals surface area (Å²) in [6, 6.07) is 3.87. The summed E-state index contributed by atoms with van der Waals surface area (Å²) in [6.07, 6.45) is 1.51. The molecule has 0 N–H and O–H groups in total. The maximum Gasteiger partial charge on any atom is 0.435 e. The number of alkyl halides is 3. The third-order valence-electron chi connectivity index (χ3n) is 6.57. The summed E-state index contributed by atoms with van der Waals surface area (Å²) in [5.74, 6) is -1.45. The van der Waals surface area contributed by atoms with Crippen molar-refractivity contribution in [2.75, 3.05) is 13.1 Å². The van der Waals surface area contributed by atoms with Gasteiger partial charge in [-0.05, 0) is 55.4 Å². The van der Waals surface area contributed by atoms with Gasteiger partial charge in [0.05, 0.1) is 5.69 Å². The van der Waals surface area contributed by atoms with E-state index in [1.54, 1.807) is 0 Å². The molecule has 1 saturated heterocycles. The van der Waals surface area contributed by atoms with E-state index < -0.39 is 23.5 Å². The van der Waals surface area contributed by atoms with E-state index in [-0.39, 0.29) is 17.8 Å². The maximum absolute atomic E-state index is 14.7. The quantitative estimate of drug-likeness (QED) is 0.531. The molecule has 4 nitrogen and oxygen atoms in total. The topological polar surface area (TPSA) is 30.3 Å². The fraction of sp³-hybridized carbons (Fsp3) is 0.609. The molecule has 1 aliphatic heterocycles. The Labute approximate surface area is 184 Å². The highest BCUT2D eigenvalue weighted by molar-refractivity contribution is 5.33. The number of likely N-dealkylation sites (tertiary alicyclic amines) is 1. The lowest BCUT2D eigenvalue weighted by Gasteiger charge is -2.32. The highest BCUT2D eigenvalue weighted by Gasteiger charge is 2.35. The molecule has 1 aromatic carbocycles. The molecule has 0 amide bonds. The molecule has 1 saturated carbocycles.